The van der Waals surface area contributed by atoms with Gasteiger partial charge in [0.25, 0.3) is 0 Å². The molecule has 1 fully saturated rings. The maximum atomic E-state index is 11.2. The maximum Gasteiger partial charge on any atom is 0.145 e. The van der Waals surface area contributed by atoms with Crippen LogP contribution in [0.5, 0.6) is 0 Å². The van der Waals surface area contributed by atoms with E-state index in [1.54, 1.807) is 0 Å². The average Bonchev–Trinajstić information content (AvgIpc) is 2.25. The Balaban J connectivity index is 2.31. The molecule has 2 rings (SSSR count). The molecule has 0 heterocycles. The van der Waals surface area contributed by atoms with Gasteiger partial charge in [0.15, 0.2) is 0 Å². The van der Waals surface area contributed by atoms with Gasteiger partial charge in [-0.1, -0.05) is 12.5 Å². The Labute approximate surface area is 104 Å². The molecule has 2 aliphatic carbocycles. The van der Waals surface area contributed by atoms with Gasteiger partial charge in [-0.05, 0) is 69.3 Å². The highest BCUT2D eigenvalue weighted by Gasteiger charge is 2.42. The van der Waals surface area contributed by atoms with Crippen LogP contribution in [0.3, 0.4) is 0 Å². The standard InChI is InChI=1S/C15H24O2/c1-14(2,17)12-6-8-15(3)7-4-5-11(10-16)13(15)9-12/h10,12,17H,4-9H2,1-3H3. The van der Waals surface area contributed by atoms with Crippen LogP contribution in [0.2, 0.25) is 0 Å². The fourth-order valence-electron chi connectivity index (χ4n) is 3.59. The van der Waals surface area contributed by atoms with Gasteiger partial charge in [0.1, 0.15) is 6.29 Å². The second kappa shape index (κ2) is 4.24. The number of hydrogen-bond acceptors (Lipinski definition) is 2. The van der Waals surface area contributed by atoms with Crippen molar-refractivity contribution in [3.05, 3.63) is 11.1 Å². The first-order valence-corrected chi connectivity index (χ1v) is 6.77. The predicted octanol–water partition coefficient (Wildman–Crippen LogP) is 3.24. The number of aldehydes is 1. The largest absolute Gasteiger partial charge is 0.390 e. The van der Waals surface area contributed by atoms with Crippen molar-refractivity contribution in [2.45, 2.75) is 64.9 Å². The Kier molecular flexibility index (Phi) is 3.19. The van der Waals surface area contributed by atoms with Crippen molar-refractivity contribution in [2.24, 2.45) is 11.3 Å². The molecule has 1 N–H and O–H groups in total. The minimum Gasteiger partial charge on any atom is -0.390 e. The lowest BCUT2D eigenvalue weighted by Gasteiger charge is -2.46. The van der Waals surface area contributed by atoms with Crippen molar-refractivity contribution in [3.63, 3.8) is 0 Å². The number of hydrogen-bond donors (Lipinski definition) is 1. The predicted molar refractivity (Wildman–Crippen MR) is 68.7 cm³/mol. The molecule has 0 saturated heterocycles. The molecule has 2 heteroatoms. The Morgan fingerprint density at radius 2 is 2.12 bits per heavy atom. The van der Waals surface area contributed by atoms with Gasteiger partial charge < -0.3 is 5.11 Å². The Morgan fingerprint density at radius 1 is 1.41 bits per heavy atom. The van der Waals surface area contributed by atoms with Crippen LogP contribution in [0.25, 0.3) is 0 Å². The molecule has 0 radical (unpaired) electrons. The third kappa shape index (κ3) is 2.33. The quantitative estimate of drug-likeness (QED) is 0.747. The highest BCUT2D eigenvalue weighted by Crippen LogP contribution is 2.52. The first kappa shape index (κ1) is 12.8. The van der Waals surface area contributed by atoms with Gasteiger partial charge in [0.05, 0.1) is 5.60 Å². The minimum atomic E-state index is -0.625. The number of carbonyl (C=O) groups is 1. The normalized spacial score (nSPS) is 34.5. The maximum absolute atomic E-state index is 11.2. The zero-order valence-corrected chi connectivity index (χ0v) is 11.3. The monoisotopic (exact) mass is 236 g/mol. The highest BCUT2D eigenvalue weighted by molar-refractivity contribution is 5.75. The van der Waals surface area contributed by atoms with Crippen LogP contribution in [0, 0.1) is 11.3 Å². The lowest BCUT2D eigenvalue weighted by atomic mass is 9.60. The lowest BCUT2D eigenvalue weighted by Crippen LogP contribution is -2.39. The molecule has 0 aromatic carbocycles. The van der Waals surface area contributed by atoms with Gasteiger partial charge in [-0.2, -0.15) is 0 Å². The summed E-state index contributed by atoms with van der Waals surface area (Å²) in [6, 6.07) is 0. The Bertz CT molecular complexity index is 348. The summed E-state index contributed by atoms with van der Waals surface area (Å²) in [7, 11) is 0. The van der Waals surface area contributed by atoms with Crippen LogP contribution in [0.15, 0.2) is 11.1 Å². The smallest absolute Gasteiger partial charge is 0.145 e. The third-order valence-electron chi connectivity index (χ3n) is 4.93. The molecular weight excluding hydrogens is 212 g/mol. The Morgan fingerprint density at radius 3 is 2.71 bits per heavy atom. The van der Waals surface area contributed by atoms with E-state index in [1.807, 2.05) is 13.8 Å². The molecule has 96 valence electrons. The topological polar surface area (TPSA) is 37.3 Å². The molecule has 0 aliphatic heterocycles. The van der Waals surface area contributed by atoms with Crippen molar-refractivity contribution in [1.82, 2.24) is 0 Å². The summed E-state index contributed by atoms with van der Waals surface area (Å²) in [6.45, 7) is 6.08. The summed E-state index contributed by atoms with van der Waals surface area (Å²) in [6.07, 6.45) is 7.45. The van der Waals surface area contributed by atoms with E-state index in [1.165, 1.54) is 12.0 Å². The second-order valence-corrected chi connectivity index (χ2v) is 6.63. The van der Waals surface area contributed by atoms with E-state index >= 15 is 0 Å². The van der Waals surface area contributed by atoms with E-state index in [0.29, 0.717) is 5.92 Å². The van der Waals surface area contributed by atoms with Crippen molar-refractivity contribution in [2.75, 3.05) is 0 Å². The molecule has 0 aromatic heterocycles. The molecule has 0 spiro atoms. The SMILES string of the molecule is CC12CCCC(C=O)=C1CC(C(C)(C)O)CC2. The van der Waals surface area contributed by atoms with Crippen LogP contribution in [-0.2, 0) is 4.79 Å². The van der Waals surface area contributed by atoms with Gasteiger partial charge in [-0.15, -0.1) is 0 Å². The van der Waals surface area contributed by atoms with E-state index in [9.17, 15) is 9.90 Å². The van der Waals surface area contributed by atoms with Crippen molar-refractivity contribution >= 4 is 6.29 Å². The van der Waals surface area contributed by atoms with E-state index in [4.69, 9.17) is 0 Å². The highest BCUT2D eigenvalue weighted by atomic mass is 16.3. The van der Waals surface area contributed by atoms with Crippen LogP contribution >= 0.6 is 0 Å². The summed E-state index contributed by atoms with van der Waals surface area (Å²) in [5.41, 5.74) is 1.97. The fourth-order valence-corrected chi connectivity index (χ4v) is 3.59. The summed E-state index contributed by atoms with van der Waals surface area (Å²) >= 11 is 0. The second-order valence-electron chi connectivity index (χ2n) is 6.63. The van der Waals surface area contributed by atoms with Gasteiger partial charge >= 0.3 is 0 Å². The molecule has 2 atom stereocenters. The third-order valence-corrected chi connectivity index (χ3v) is 4.93. The van der Waals surface area contributed by atoms with Crippen LogP contribution in [0.1, 0.15) is 59.3 Å². The van der Waals surface area contributed by atoms with Crippen molar-refractivity contribution in [3.8, 4) is 0 Å². The van der Waals surface area contributed by atoms with Crippen LogP contribution < -0.4 is 0 Å². The minimum absolute atomic E-state index is 0.232. The van der Waals surface area contributed by atoms with Crippen molar-refractivity contribution < 1.29 is 9.90 Å². The van der Waals surface area contributed by atoms with E-state index in [2.05, 4.69) is 6.92 Å². The summed E-state index contributed by atoms with van der Waals surface area (Å²) in [4.78, 5) is 11.2. The molecule has 0 aromatic rings. The zero-order valence-electron chi connectivity index (χ0n) is 11.3. The molecule has 2 aliphatic rings. The Hall–Kier alpha value is -0.630. The fraction of sp³-hybridized carbons (Fsp3) is 0.800. The zero-order chi connectivity index (χ0) is 12.7. The van der Waals surface area contributed by atoms with Crippen molar-refractivity contribution in [1.29, 1.82) is 0 Å². The molecule has 2 unspecified atom stereocenters. The average molecular weight is 236 g/mol. The first-order valence-electron chi connectivity index (χ1n) is 6.77. The van der Waals surface area contributed by atoms with E-state index in [0.717, 1.165) is 44.0 Å². The van der Waals surface area contributed by atoms with Gasteiger partial charge in [0, 0.05) is 0 Å². The molecule has 2 nitrogen and oxygen atoms in total. The first-order chi connectivity index (χ1) is 7.87. The molecule has 17 heavy (non-hydrogen) atoms. The molecule has 0 bridgehead atoms. The van der Waals surface area contributed by atoms with Crippen LogP contribution in [0.4, 0.5) is 0 Å². The lowest BCUT2D eigenvalue weighted by molar-refractivity contribution is -0.105. The van der Waals surface area contributed by atoms with Gasteiger partial charge in [-0.3, -0.25) is 4.79 Å². The molecule has 0 amide bonds. The van der Waals surface area contributed by atoms with Crippen LogP contribution in [-0.4, -0.2) is 17.0 Å². The molecular formula is C15H24O2. The number of fused-ring (bicyclic) bond motifs is 1. The number of rotatable bonds is 2. The number of aliphatic hydroxyl groups is 1. The summed E-state index contributed by atoms with van der Waals surface area (Å²) in [5.74, 6) is 0.304. The number of carbonyl (C=O) groups excluding carboxylic acids is 1. The van der Waals surface area contributed by atoms with Gasteiger partial charge in [0.2, 0.25) is 0 Å². The van der Waals surface area contributed by atoms with Gasteiger partial charge in [-0.25, -0.2) is 0 Å². The summed E-state index contributed by atoms with van der Waals surface area (Å²) in [5, 5.41) is 10.2. The molecule has 1 saturated carbocycles. The van der Waals surface area contributed by atoms with E-state index < -0.39 is 5.60 Å². The van der Waals surface area contributed by atoms with E-state index in [-0.39, 0.29) is 5.41 Å². The summed E-state index contributed by atoms with van der Waals surface area (Å²) < 4.78 is 0. The number of allylic oxidation sites excluding steroid dienone is 2.